The molecule has 1 fully saturated rings. The van der Waals surface area contributed by atoms with Gasteiger partial charge in [0.1, 0.15) is 0 Å². The summed E-state index contributed by atoms with van der Waals surface area (Å²) in [5.74, 6) is 0.899. The van der Waals surface area contributed by atoms with Crippen LogP contribution in [0.15, 0.2) is 24.5 Å². The van der Waals surface area contributed by atoms with Gasteiger partial charge in [-0.15, -0.1) is 0 Å². The van der Waals surface area contributed by atoms with Crippen LogP contribution in [-0.2, 0) is 0 Å². The minimum Gasteiger partial charge on any atom is -0.329 e. The monoisotopic (exact) mass is 232 g/mol. The number of hydrogen-bond donors (Lipinski definition) is 1. The number of aromatic nitrogens is 1. The Kier molecular flexibility index (Phi) is 3.57. The SMILES string of the molecule is CC1CCC(CN)(C(=O)c2cccnc2)CC1. The lowest BCUT2D eigenvalue weighted by atomic mass is 9.67. The third kappa shape index (κ3) is 2.39. The topological polar surface area (TPSA) is 56.0 Å². The summed E-state index contributed by atoms with van der Waals surface area (Å²) in [7, 11) is 0. The molecule has 1 aromatic heterocycles. The summed E-state index contributed by atoms with van der Waals surface area (Å²) < 4.78 is 0. The number of carbonyl (C=O) groups is 1. The van der Waals surface area contributed by atoms with Crippen LogP contribution in [0.3, 0.4) is 0 Å². The third-order valence-corrected chi connectivity index (χ3v) is 4.03. The maximum atomic E-state index is 12.5. The number of rotatable bonds is 3. The van der Waals surface area contributed by atoms with Gasteiger partial charge in [0.15, 0.2) is 5.78 Å². The van der Waals surface area contributed by atoms with E-state index in [2.05, 4.69) is 11.9 Å². The van der Waals surface area contributed by atoms with Crippen molar-refractivity contribution in [2.75, 3.05) is 6.54 Å². The predicted octanol–water partition coefficient (Wildman–Crippen LogP) is 2.42. The highest BCUT2D eigenvalue weighted by atomic mass is 16.1. The minimum absolute atomic E-state index is 0.181. The molecule has 2 N–H and O–H groups in total. The summed E-state index contributed by atoms with van der Waals surface area (Å²) in [6, 6.07) is 3.65. The second-order valence-corrected chi connectivity index (χ2v) is 5.24. The van der Waals surface area contributed by atoms with Crippen LogP contribution in [0.4, 0.5) is 0 Å². The average molecular weight is 232 g/mol. The molecular formula is C14H20N2O. The van der Waals surface area contributed by atoms with Crippen LogP contribution < -0.4 is 5.73 Å². The van der Waals surface area contributed by atoms with Crippen molar-refractivity contribution in [1.29, 1.82) is 0 Å². The van der Waals surface area contributed by atoms with Gasteiger partial charge in [0.05, 0.1) is 0 Å². The van der Waals surface area contributed by atoms with Gasteiger partial charge in [-0.3, -0.25) is 9.78 Å². The second-order valence-electron chi connectivity index (χ2n) is 5.24. The van der Waals surface area contributed by atoms with Crippen molar-refractivity contribution in [2.45, 2.75) is 32.6 Å². The van der Waals surface area contributed by atoms with Crippen molar-refractivity contribution in [1.82, 2.24) is 4.98 Å². The molecule has 0 bridgehead atoms. The van der Waals surface area contributed by atoms with E-state index in [-0.39, 0.29) is 11.2 Å². The van der Waals surface area contributed by atoms with E-state index in [1.165, 1.54) is 0 Å². The summed E-state index contributed by atoms with van der Waals surface area (Å²) in [5.41, 5.74) is 6.24. The molecule has 0 unspecified atom stereocenters. The van der Waals surface area contributed by atoms with Crippen molar-refractivity contribution in [3.05, 3.63) is 30.1 Å². The maximum Gasteiger partial charge on any atom is 0.171 e. The van der Waals surface area contributed by atoms with Gasteiger partial charge in [-0.1, -0.05) is 6.92 Å². The first-order valence-corrected chi connectivity index (χ1v) is 6.33. The predicted molar refractivity (Wildman–Crippen MR) is 67.7 cm³/mol. The lowest BCUT2D eigenvalue weighted by Gasteiger charge is -2.37. The molecule has 2 rings (SSSR count). The van der Waals surface area contributed by atoms with Gasteiger partial charge in [-0.25, -0.2) is 0 Å². The molecule has 1 saturated carbocycles. The quantitative estimate of drug-likeness (QED) is 0.814. The lowest BCUT2D eigenvalue weighted by Crippen LogP contribution is -2.41. The van der Waals surface area contributed by atoms with E-state index in [1.54, 1.807) is 12.4 Å². The molecule has 0 aromatic carbocycles. The molecule has 3 nitrogen and oxygen atoms in total. The molecule has 1 aliphatic rings. The largest absolute Gasteiger partial charge is 0.329 e. The van der Waals surface area contributed by atoms with Crippen molar-refractivity contribution in [3.8, 4) is 0 Å². The van der Waals surface area contributed by atoms with E-state index in [0.29, 0.717) is 12.1 Å². The molecule has 0 atom stereocenters. The molecule has 0 spiro atoms. The Labute approximate surface area is 102 Å². The summed E-state index contributed by atoms with van der Waals surface area (Å²) in [6.45, 7) is 2.70. The van der Waals surface area contributed by atoms with Crippen LogP contribution in [0.25, 0.3) is 0 Å². The summed E-state index contributed by atoms with van der Waals surface area (Å²) in [4.78, 5) is 16.6. The minimum atomic E-state index is -0.338. The van der Waals surface area contributed by atoms with Crippen molar-refractivity contribution in [3.63, 3.8) is 0 Å². The molecule has 17 heavy (non-hydrogen) atoms. The van der Waals surface area contributed by atoms with Gasteiger partial charge in [-0.05, 0) is 43.7 Å². The molecule has 0 aliphatic heterocycles. The Morgan fingerprint density at radius 2 is 2.24 bits per heavy atom. The van der Waals surface area contributed by atoms with Gasteiger partial charge in [0, 0.05) is 29.9 Å². The molecule has 92 valence electrons. The molecule has 0 saturated heterocycles. The van der Waals surface area contributed by atoms with Gasteiger partial charge in [0.25, 0.3) is 0 Å². The molecule has 0 radical (unpaired) electrons. The maximum absolute atomic E-state index is 12.5. The fourth-order valence-corrected chi connectivity index (χ4v) is 2.64. The number of nitrogens with zero attached hydrogens (tertiary/aromatic N) is 1. The number of ketones is 1. The van der Waals surface area contributed by atoms with E-state index in [4.69, 9.17) is 5.73 Å². The zero-order valence-corrected chi connectivity index (χ0v) is 10.4. The van der Waals surface area contributed by atoms with Crippen LogP contribution in [0.2, 0.25) is 0 Å². The Balaban J connectivity index is 2.21. The van der Waals surface area contributed by atoms with Gasteiger partial charge >= 0.3 is 0 Å². The second kappa shape index (κ2) is 4.96. The normalized spacial score (nSPS) is 28.9. The van der Waals surface area contributed by atoms with Crippen molar-refractivity contribution in [2.24, 2.45) is 17.1 Å². The van der Waals surface area contributed by atoms with Crippen molar-refractivity contribution < 1.29 is 4.79 Å². The summed E-state index contributed by atoms with van der Waals surface area (Å²) >= 11 is 0. The molecule has 0 amide bonds. The molecule has 3 heteroatoms. The number of hydrogen-bond acceptors (Lipinski definition) is 3. The number of pyridine rings is 1. The fraction of sp³-hybridized carbons (Fsp3) is 0.571. The molecule has 1 aliphatic carbocycles. The van der Waals surface area contributed by atoms with Crippen LogP contribution in [-0.4, -0.2) is 17.3 Å². The summed E-state index contributed by atoms with van der Waals surface area (Å²) in [5, 5.41) is 0. The van der Waals surface area contributed by atoms with Crippen LogP contribution >= 0.6 is 0 Å². The highest BCUT2D eigenvalue weighted by Crippen LogP contribution is 2.40. The van der Waals surface area contributed by atoms with E-state index in [9.17, 15) is 4.79 Å². The van der Waals surface area contributed by atoms with Gasteiger partial charge < -0.3 is 5.73 Å². The van der Waals surface area contributed by atoms with E-state index < -0.39 is 0 Å². The first kappa shape index (κ1) is 12.2. The number of nitrogens with two attached hydrogens (primary N) is 1. The lowest BCUT2D eigenvalue weighted by molar-refractivity contribution is 0.0695. The van der Waals surface area contributed by atoms with E-state index in [0.717, 1.165) is 31.6 Å². The standard InChI is InChI=1S/C14H20N2O/c1-11-4-6-14(10-15,7-5-11)13(17)12-3-2-8-16-9-12/h2-3,8-9,11H,4-7,10,15H2,1H3. The molecule has 1 aromatic rings. The Morgan fingerprint density at radius 1 is 1.53 bits per heavy atom. The molecule has 1 heterocycles. The van der Waals surface area contributed by atoms with Crippen LogP contribution in [0.5, 0.6) is 0 Å². The van der Waals surface area contributed by atoms with Crippen molar-refractivity contribution >= 4 is 5.78 Å². The van der Waals surface area contributed by atoms with Gasteiger partial charge in [0.2, 0.25) is 0 Å². The highest BCUT2D eigenvalue weighted by Gasteiger charge is 2.40. The number of Topliss-reactive ketones (excluding diaryl/α,β-unsaturated/α-hetero) is 1. The first-order chi connectivity index (χ1) is 8.18. The zero-order valence-electron chi connectivity index (χ0n) is 10.4. The smallest absolute Gasteiger partial charge is 0.171 e. The van der Waals surface area contributed by atoms with Crippen LogP contribution in [0, 0.1) is 11.3 Å². The highest BCUT2D eigenvalue weighted by molar-refractivity contribution is 6.00. The van der Waals surface area contributed by atoms with E-state index >= 15 is 0 Å². The number of carbonyl (C=O) groups excluding carboxylic acids is 1. The average Bonchev–Trinajstić information content (AvgIpc) is 2.40. The Bertz CT molecular complexity index is 380. The Hall–Kier alpha value is -1.22. The Morgan fingerprint density at radius 3 is 2.76 bits per heavy atom. The van der Waals surface area contributed by atoms with E-state index in [1.807, 2.05) is 12.1 Å². The van der Waals surface area contributed by atoms with Gasteiger partial charge in [-0.2, -0.15) is 0 Å². The first-order valence-electron chi connectivity index (χ1n) is 6.33. The fourth-order valence-electron chi connectivity index (χ4n) is 2.64. The van der Waals surface area contributed by atoms with Crippen LogP contribution in [0.1, 0.15) is 43.0 Å². The third-order valence-electron chi connectivity index (χ3n) is 4.03. The summed E-state index contributed by atoms with van der Waals surface area (Å²) in [6.07, 6.45) is 7.37. The molecular weight excluding hydrogens is 212 g/mol. The zero-order chi connectivity index (χ0) is 12.3.